The number of carbonyl (C=O) groups is 2. The van der Waals surface area contributed by atoms with Crippen molar-refractivity contribution in [1.82, 2.24) is 9.29 Å². The zero-order chi connectivity index (χ0) is 22.7. The van der Waals surface area contributed by atoms with E-state index in [1.54, 1.807) is 24.3 Å². The molecule has 3 aromatic rings. The van der Waals surface area contributed by atoms with Gasteiger partial charge in [-0.05, 0) is 43.2 Å². The smallest absolute Gasteiger partial charge is 0.339 e. The molecule has 2 aromatic carbocycles. The molecule has 1 aliphatic heterocycles. The number of hydrogen-bond donors (Lipinski definition) is 1. The van der Waals surface area contributed by atoms with E-state index in [-0.39, 0.29) is 16.0 Å². The molecule has 0 atom stereocenters. The number of ether oxygens (including phenoxy) is 1. The van der Waals surface area contributed by atoms with Gasteiger partial charge >= 0.3 is 5.97 Å². The van der Waals surface area contributed by atoms with Crippen LogP contribution in [0.2, 0.25) is 0 Å². The molecule has 1 fully saturated rings. The second kappa shape index (κ2) is 9.05. The molecule has 0 aliphatic carbocycles. The molecule has 0 spiro atoms. The van der Waals surface area contributed by atoms with E-state index < -0.39 is 33.9 Å². The molecule has 32 heavy (non-hydrogen) atoms. The lowest BCUT2D eigenvalue weighted by molar-refractivity contribution is 0.0476. The fourth-order valence-electron chi connectivity index (χ4n) is 3.73. The second-order valence-electron chi connectivity index (χ2n) is 7.58. The molecule has 0 bridgehead atoms. The highest BCUT2D eigenvalue weighted by atomic mass is 32.2. The van der Waals surface area contributed by atoms with Crippen LogP contribution in [0, 0.1) is 0 Å². The summed E-state index contributed by atoms with van der Waals surface area (Å²) in [6.45, 7) is 0.462. The first-order valence-corrected chi connectivity index (χ1v) is 11.7. The van der Waals surface area contributed by atoms with E-state index in [1.165, 1.54) is 28.6 Å². The first kappa shape index (κ1) is 21.9. The van der Waals surface area contributed by atoms with Crippen molar-refractivity contribution in [2.24, 2.45) is 0 Å². The summed E-state index contributed by atoms with van der Waals surface area (Å²) in [7, 11) is -3.59. The zero-order valence-corrected chi connectivity index (χ0v) is 18.1. The van der Waals surface area contributed by atoms with Gasteiger partial charge in [0.25, 0.3) is 0 Å². The van der Waals surface area contributed by atoms with Crippen molar-refractivity contribution < 1.29 is 22.7 Å². The van der Waals surface area contributed by atoms with E-state index in [9.17, 15) is 22.8 Å². The lowest BCUT2D eigenvalue weighted by atomic mass is 10.1. The van der Waals surface area contributed by atoms with E-state index in [0.29, 0.717) is 24.0 Å². The maximum atomic E-state index is 12.7. The Balaban J connectivity index is 1.45. The molecule has 2 heterocycles. The molecule has 1 aromatic heterocycles. The Kier molecular flexibility index (Phi) is 6.20. The topological polar surface area (TPSA) is 114 Å². The lowest BCUT2D eigenvalue weighted by Crippen LogP contribution is -2.35. The number of para-hydroxylation sites is 1. The van der Waals surface area contributed by atoms with Crippen LogP contribution >= 0.6 is 0 Å². The van der Waals surface area contributed by atoms with Crippen LogP contribution in [0.3, 0.4) is 0 Å². The van der Waals surface area contributed by atoms with E-state index in [0.717, 1.165) is 25.3 Å². The predicted octanol–water partition coefficient (Wildman–Crippen LogP) is 2.74. The van der Waals surface area contributed by atoms with Crippen molar-refractivity contribution in [1.29, 1.82) is 0 Å². The van der Waals surface area contributed by atoms with Crippen molar-refractivity contribution in [3.63, 3.8) is 0 Å². The molecule has 0 amide bonds. The van der Waals surface area contributed by atoms with Crippen LogP contribution in [0.15, 0.2) is 64.3 Å². The van der Waals surface area contributed by atoms with E-state index in [2.05, 4.69) is 4.98 Å². The normalized spacial score (nSPS) is 14.9. The average Bonchev–Trinajstić information content (AvgIpc) is 2.82. The monoisotopic (exact) mass is 454 g/mol. The summed E-state index contributed by atoms with van der Waals surface area (Å²) in [5, 5.41) is 0.511. The molecule has 166 valence electrons. The van der Waals surface area contributed by atoms with E-state index >= 15 is 0 Å². The number of benzene rings is 2. The quantitative estimate of drug-likeness (QED) is 0.453. The van der Waals surface area contributed by atoms with Gasteiger partial charge in [0.15, 0.2) is 12.4 Å². The molecule has 9 heteroatoms. The number of nitrogens with zero attached hydrogens (tertiary/aromatic N) is 1. The predicted molar refractivity (Wildman–Crippen MR) is 118 cm³/mol. The summed E-state index contributed by atoms with van der Waals surface area (Å²) in [4.78, 5) is 39.5. The average molecular weight is 455 g/mol. The maximum Gasteiger partial charge on any atom is 0.339 e. The van der Waals surface area contributed by atoms with Crippen LogP contribution in [0.5, 0.6) is 0 Å². The third-order valence-corrected chi connectivity index (χ3v) is 7.35. The van der Waals surface area contributed by atoms with Gasteiger partial charge in [0.1, 0.15) is 0 Å². The number of carbonyl (C=O) groups excluding carboxylic acids is 2. The number of esters is 1. The molecule has 0 radical (unpaired) electrons. The van der Waals surface area contributed by atoms with Gasteiger partial charge in [0, 0.05) is 35.6 Å². The number of nitrogens with one attached hydrogen (secondary N) is 1. The largest absolute Gasteiger partial charge is 0.454 e. The third-order valence-electron chi connectivity index (χ3n) is 5.43. The Morgan fingerprint density at radius 2 is 1.66 bits per heavy atom. The van der Waals surface area contributed by atoms with Gasteiger partial charge in [-0.3, -0.25) is 9.59 Å². The van der Waals surface area contributed by atoms with Crippen molar-refractivity contribution >= 4 is 32.7 Å². The van der Waals surface area contributed by atoms with Gasteiger partial charge < -0.3 is 9.72 Å². The number of hydrogen-bond acceptors (Lipinski definition) is 6. The standard InChI is InChI=1S/C23H22N2O6S/c26-21(15-31-23(28)19-14-22(27)24-20-7-3-2-6-18(19)20)16-8-10-17(11-9-16)32(29,30)25-12-4-1-5-13-25/h2-3,6-11,14H,1,4-5,12-13,15H2,(H,24,27). The van der Waals surface area contributed by atoms with Crippen molar-refractivity contribution in [2.45, 2.75) is 24.2 Å². The Labute approximate surface area is 184 Å². The number of aromatic amines is 1. The number of Topliss-reactive ketones (excluding diaryl/α,β-unsaturated/α-hetero) is 1. The number of pyridine rings is 1. The van der Waals surface area contributed by atoms with Gasteiger partial charge in [0.2, 0.25) is 15.6 Å². The Morgan fingerprint density at radius 3 is 2.38 bits per heavy atom. The number of aromatic nitrogens is 1. The summed E-state index contributed by atoms with van der Waals surface area (Å²) < 4.78 is 32.0. The minimum atomic E-state index is -3.59. The summed E-state index contributed by atoms with van der Waals surface area (Å²) >= 11 is 0. The van der Waals surface area contributed by atoms with E-state index in [4.69, 9.17) is 4.74 Å². The molecule has 8 nitrogen and oxygen atoms in total. The summed E-state index contributed by atoms with van der Waals surface area (Å²) in [5.41, 5.74) is 0.336. The maximum absolute atomic E-state index is 12.7. The van der Waals surface area contributed by atoms with Gasteiger partial charge in [-0.1, -0.05) is 24.6 Å². The molecular formula is C23H22N2O6S. The second-order valence-corrected chi connectivity index (χ2v) is 9.52. The van der Waals surface area contributed by atoms with Crippen molar-refractivity contribution in [3.05, 3.63) is 76.1 Å². The minimum absolute atomic E-state index is 0.0696. The summed E-state index contributed by atoms with van der Waals surface area (Å²) in [6.07, 6.45) is 2.69. The van der Waals surface area contributed by atoms with Gasteiger partial charge in [-0.25, -0.2) is 13.2 Å². The molecule has 1 aliphatic rings. The van der Waals surface area contributed by atoms with Crippen LogP contribution in [-0.2, 0) is 14.8 Å². The highest BCUT2D eigenvalue weighted by Crippen LogP contribution is 2.21. The molecule has 0 unspecified atom stereocenters. The fraction of sp³-hybridized carbons (Fsp3) is 0.261. The van der Waals surface area contributed by atoms with Crippen LogP contribution in [0.1, 0.15) is 40.0 Å². The van der Waals surface area contributed by atoms with E-state index in [1.807, 2.05) is 0 Å². The van der Waals surface area contributed by atoms with Crippen LogP contribution < -0.4 is 5.56 Å². The highest BCUT2D eigenvalue weighted by molar-refractivity contribution is 7.89. The number of sulfonamides is 1. The van der Waals surface area contributed by atoms with Crippen LogP contribution in [0.25, 0.3) is 10.9 Å². The Morgan fingerprint density at radius 1 is 0.969 bits per heavy atom. The third kappa shape index (κ3) is 4.49. The number of piperidine rings is 1. The Hall–Kier alpha value is -3.30. The lowest BCUT2D eigenvalue weighted by Gasteiger charge is -2.25. The molecule has 4 rings (SSSR count). The van der Waals surface area contributed by atoms with Crippen LogP contribution in [-0.4, -0.2) is 49.2 Å². The first-order valence-electron chi connectivity index (χ1n) is 10.3. The fourth-order valence-corrected chi connectivity index (χ4v) is 5.25. The Bertz CT molecular complexity index is 1320. The van der Waals surface area contributed by atoms with Gasteiger partial charge in [-0.2, -0.15) is 4.31 Å². The number of rotatable bonds is 6. The molecule has 0 saturated carbocycles. The number of ketones is 1. The molecule has 1 saturated heterocycles. The van der Waals surface area contributed by atoms with Crippen molar-refractivity contribution in [3.8, 4) is 0 Å². The van der Waals surface area contributed by atoms with Gasteiger partial charge in [0.05, 0.1) is 10.5 Å². The SMILES string of the molecule is O=C(COC(=O)c1cc(=O)[nH]c2ccccc12)c1ccc(S(=O)(=O)N2CCCCC2)cc1. The number of fused-ring (bicyclic) bond motifs is 1. The summed E-state index contributed by atoms with van der Waals surface area (Å²) in [5.74, 6) is -1.26. The van der Waals surface area contributed by atoms with Crippen molar-refractivity contribution in [2.75, 3.05) is 19.7 Å². The van der Waals surface area contributed by atoms with Crippen LogP contribution in [0.4, 0.5) is 0 Å². The number of H-pyrrole nitrogens is 1. The minimum Gasteiger partial charge on any atom is -0.454 e. The zero-order valence-electron chi connectivity index (χ0n) is 17.2. The molecule has 1 N–H and O–H groups in total. The first-order chi connectivity index (χ1) is 15.4. The molecular weight excluding hydrogens is 432 g/mol. The van der Waals surface area contributed by atoms with Gasteiger partial charge in [-0.15, -0.1) is 0 Å². The summed E-state index contributed by atoms with van der Waals surface area (Å²) in [6, 6.07) is 13.5. The highest BCUT2D eigenvalue weighted by Gasteiger charge is 2.26.